The molecule has 1 saturated carbocycles. The molecule has 1 aromatic carbocycles. The van der Waals surface area contributed by atoms with Crippen LogP contribution in [0.15, 0.2) is 29.3 Å². The first kappa shape index (κ1) is 17.5. The van der Waals surface area contributed by atoms with Gasteiger partial charge in [0, 0.05) is 18.6 Å². The quantitative estimate of drug-likeness (QED) is 0.827. The van der Waals surface area contributed by atoms with Crippen LogP contribution in [0.2, 0.25) is 0 Å². The molecular formula is C18H23N3O4S. The summed E-state index contributed by atoms with van der Waals surface area (Å²) in [7, 11) is -3.34. The number of hydrogen-bond donors (Lipinski definition) is 1. The monoisotopic (exact) mass is 377 g/mol. The van der Waals surface area contributed by atoms with Crippen LogP contribution in [0.1, 0.15) is 38.1 Å². The van der Waals surface area contributed by atoms with Crippen molar-refractivity contribution in [3.8, 4) is 0 Å². The van der Waals surface area contributed by atoms with Gasteiger partial charge in [-0.1, -0.05) is 6.07 Å². The minimum Gasteiger partial charge on any atom is -0.381 e. The second-order valence-electron chi connectivity index (χ2n) is 7.23. The van der Waals surface area contributed by atoms with Gasteiger partial charge in [0.15, 0.2) is 9.84 Å². The molecule has 2 N–H and O–H groups in total. The van der Waals surface area contributed by atoms with Crippen molar-refractivity contribution in [1.82, 2.24) is 9.78 Å². The summed E-state index contributed by atoms with van der Waals surface area (Å²) < 4.78 is 32.4. The number of benzene rings is 1. The summed E-state index contributed by atoms with van der Waals surface area (Å²) in [6.07, 6.45) is 5.34. The van der Waals surface area contributed by atoms with Crippen LogP contribution in [0.3, 0.4) is 0 Å². The summed E-state index contributed by atoms with van der Waals surface area (Å²) in [5, 5.41) is 4.64. The summed E-state index contributed by atoms with van der Waals surface area (Å²) in [6.45, 7) is 1.39. The van der Waals surface area contributed by atoms with E-state index in [4.69, 9.17) is 10.5 Å². The molecule has 7 nitrogen and oxygen atoms in total. The van der Waals surface area contributed by atoms with Gasteiger partial charge in [-0.25, -0.2) is 8.42 Å². The molecular weight excluding hydrogens is 354 g/mol. The van der Waals surface area contributed by atoms with Gasteiger partial charge in [0.25, 0.3) is 0 Å². The SMILES string of the molecule is NC(=O)C(CC1CCOCC1)n1ncc2c(S(=O)(=O)C3CC3)cccc21. The lowest BCUT2D eigenvalue weighted by Crippen LogP contribution is -2.30. The van der Waals surface area contributed by atoms with E-state index in [0.717, 1.165) is 12.8 Å². The standard InChI is InChI=1S/C18H23N3O4S/c19-18(22)16(10-12-6-8-25-9-7-12)21-15-2-1-3-17(14(15)11-20-21)26(23,24)13-4-5-13/h1-3,11-13,16H,4-10H2,(H2,19,22). The molecule has 0 spiro atoms. The van der Waals surface area contributed by atoms with E-state index in [0.29, 0.717) is 54.2 Å². The first-order valence-corrected chi connectivity index (χ1v) is 10.6. The Morgan fingerprint density at radius 2 is 2.00 bits per heavy atom. The highest BCUT2D eigenvalue weighted by atomic mass is 32.2. The lowest BCUT2D eigenvalue weighted by molar-refractivity contribution is -0.122. The van der Waals surface area contributed by atoms with Gasteiger partial charge in [0.05, 0.1) is 21.9 Å². The molecule has 0 bridgehead atoms. The van der Waals surface area contributed by atoms with E-state index in [1.54, 1.807) is 29.1 Å². The van der Waals surface area contributed by atoms with E-state index >= 15 is 0 Å². The Morgan fingerprint density at radius 3 is 2.65 bits per heavy atom. The van der Waals surface area contributed by atoms with Crippen molar-refractivity contribution in [2.75, 3.05) is 13.2 Å². The number of rotatable bonds is 6. The smallest absolute Gasteiger partial charge is 0.242 e. The molecule has 26 heavy (non-hydrogen) atoms. The average molecular weight is 377 g/mol. The number of sulfone groups is 1. The highest BCUT2D eigenvalue weighted by Crippen LogP contribution is 2.37. The van der Waals surface area contributed by atoms with Crippen LogP contribution < -0.4 is 5.73 Å². The maximum atomic E-state index is 12.7. The van der Waals surface area contributed by atoms with Crippen molar-refractivity contribution < 1.29 is 17.9 Å². The molecule has 0 radical (unpaired) electrons. The highest BCUT2D eigenvalue weighted by molar-refractivity contribution is 7.92. The molecule has 1 unspecified atom stereocenters. The van der Waals surface area contributed by atoms with Gasteiger partial charge in [-0.2, -0.15) is 5.10 Å². The van der Waals surface area contributed by atoms with Gasteiger partial charge in [-0.05, 0) is 50.2 Å². The van der Waals surface area contributed by atoms with Crippen molar-refractivity contribution >= 4 is 26.6 Å². The average Bonchev–Trinajstić information content (AvgIpc) is 3.41. The number of hydrogen-bond acceptors (Lipinski definition) is 5. The number of aromatic nitrogens is 2. The van der Waals surface area contributed by atoms with Crippen molar-refractivity contribution in [2.45, 2.75) is 48.3 Å². The topological polar surface area (TPSA) is 104 Å². The summed E-state index contributed by atoms with van der Waals surface area (Å²) in [6, 6.07) is 4.55. The zero-order valence-corrected chi connectivity index (χ0v) is 15.3. The maximum absolute atomic E-state index is 12.7. The van der Waals surface area contributed by atoms with Gasteiger partial charge < -0.3 is 10.5 Å². The predicted molar refractivity (Wildman–Crippen MR) is 96.3 cm³/mol. The van der Waals surface area contributed by atoms with Crippen molar-refractivity contribution in [1.29, 1.82) is 0 Å². The third-order valence-corrected chi connectivity index (χ3v) is 7.71. The fourth-order valence-electron chi connectivity index (χ4n) is 3.73. The number of amides is 1. The number of primary amides is 1. The van der Waals surface area contributed by atoms with E-state index in [9.17, 15) is 13.2 Å². The van der Waals surface area contributed by atoms with Crippen LogP contribution in [0.25, 0.3) is 10.9 Å². The van der Waals surface area contributed by atoms with Crippen LogP contribution >= 0.6 is 0 Å². The molecule has 2 heterocycles. The fourth-order valence-corrected chi connectivity index (χ4v) is 5.58. The summed E-state index contributed by atoms with van der Waals surface area (Å²) >= 11 is 0. The first-order valence-electron chi connectivity index (χ1n) is 9.05. The number of fused-ring (bicyclic) bond motifs is 1. The molecule has 2 aliphatic rings. The molecule has 1 amide bonds. The van der Waals surface area contributed by atoms with Crippen LogP contribution in [0.4, 0.5) is 0 Å². The van der Waals surface area contributed by atoms with Crippen LogP contribution in [-0.4, -0.2) is 42.6 Å². The molecule has 1 aromatic heterocycles. The second-order valence-corrected chi connectivity index (χ2v) is 9.43. The predicted octanol–water partition coefficient (Wildman–Crippen LogP) is 1.82. The van der Waals surface area contributed by atoms with Crippen LogP contribution in [0.5, 0.6) is 0 Å². The minimum absolute atomic E-state index is 0.286. The lowest BCUT2D eigenvalue weighted by atomic mass is 9.92. The van der Waals surface area contributed by atoms with Crippen molar-refractivity contribution in [3.63, 3.8) is 0 Å². The fraction of sp³-hybridized carbons (Fsp3) is 0.556. The maximum Gasteiger partial charge on any atom is 0.242 e. The lowest BCUT2D eigenvalue weighted by Gasteiger charge is -2.25. The number of nitrogens with two attached hydrogens (primary N) is 1. The Bertz CT molecular complexity index is 927. The highest BCUT2D eigenvalue weighted by Gasteiger charge is 2.38. The van der Waals surface area contributed by atoms with E-state index < -0.39 is 21.8 Å². The van der Waals surface area contributed by atoms with Gasteiger partial charge in [-0.3, -0.25) is 9.48 Å². The molecule has 2 aromatic rings. The normalized spacial score (nSPS) is 20.3. The molecule has 140 valence electrons. The van der Waals surface area contributed by atoms with Gasteiger partial charge in [0.2, 0.25) is 5.91 Å². The largest absolute Gasteiger partial charge is 0.381 e. The van der Waals surface area contributed by atoms with E-state index in [2.05, 4.69) is 5.10 Å². The van der Waals surface area contributed by atoms with Crippen LogP contribution in [0, 0.1) is 5.92 Å². The van der Waals surface area contributed by atoms with Crippen LogP contribution in [-0.2, 0) is 19.4 Å². The molecule has 1 aliphatic carbocycles. The summed E-state index contributed by atoms with van der Waals surface area (Å²) in [5.41, 5.74) is 6.31. The zero-order chi connectivity index (χ0) is 18.3. The first-order chi connectivity index (χ1) is 12.5. The minimum atomic E-state index is -3.34. The Kier molecular flexibility index (Phi) is 4.48. The second kappa shape index (κ2) is 6.66. The summed E-state index contributed by atoms with van der Waals surface area (Å²) in [5.74, 6) is -0.101. The number of carbonyl (C=O) groups excluding carboxylic acids is 1. The number of nitrogens with zero attached hydrogens (tertiary/aromatic N) is 2. The Hall–Kier alpha value is -1.93. The molecule has 8 heteroatoms. The van der Waals surface area contributed by atoms with E-state index in [1.807, 2.05) is 0 Å². The van der Waals surface area contributed by atoms with Crippen molar-refractivity contribution in [3.05, 3.63) is 24.4 Å². The van der Waals surface area contributed by atoms with Gasteiger partial charge in [-0.15, -0.1) is 0 Å². The van der Waals surface area contributed by atoms with Gasteiger partial charge >= 0.3 is 0 Å². The number of carbonyl (C=O) groups is 1. The molecule has 2 fully saturated rings. The Balaban J connectivity index is 1.72. The zero-order valence-electron chi connectivity index (χ0n) is 14.5. The molecule has 1 atom stereocenters. The molecule has 4 rings (SSSR count). The van der Waals surface area contributed by atoms with E-state index in [1.165, 1.54) is 0 Å². The molecule has 1 saturated heterocycles. The number of ether oxygens (including phenoxy) is 1. The van der Waals surface area contributed by atoms with E-state index in [-0.39, 0.29) is 5.25 Å². The third kappa shape index (κ3) is 3.12. The Labute approximate surface area is 152 Å². The third-order valence-electron chi connectivity index (χ3n) is 5.39. The van der Waals surface area contributed by atoms with Gasteiger partial charge in [0.1, 0.15) is 6.04 Å². The Morgan fingerprint density at radius 1 is 1.27 bits per heavy atom. The molecule has 1 aliphatic heterocycles. The summed E-state index contributed by atoms with van der Waals surface area (Å²) in [4.78, 5) is 12.4. The van der Waals surface area contributed by atoms with Crippen molar-refractivity contribution in [2.24, 2.45) is 11.7 Å².